The summed E-state index contributed by atoms with van der Waals surface area (Å²) in [4.78, 5) is 8.26. The lowest BCUT2D eigenvalue weighted by Crippen LogP contribution is -1.97. The highest BCUT2D eigenvalue weighted by molar-refractivity contribution is 6.30. The van der Waals surface area contributed by atoms with Crippen LogP contribution in [0.15, 0.2) is 36.7 Å². The molecule has 2 heterocycles. The van der Waals surface area contributed by atoms with Crippen LogP contribution in [-0.2, 0) is 18.0 Å². The van der Waals surface area contributed by atoms with Crippen molar-refractivity contribution < 1.29 is 4.74 Å². The summed E-state index contributed by atoms with van der Waals surface area (Å²) >= 11 is 11.7. The van der Waals surface area contributed by atoms with Crippen molar-refractivity contribution in [1.29, 1.82) is 0 Å². The third-order valence-electron chi connectivity index (χ3n) is 2.06. The molecule has 0 radical (unpaired) electrons. The van der Waals surface area contributed by atoms with Crippen molar-refractivity contribution in [3.05, 3.63) is 58.1 Å². The van der Waals surface area contributed by atoms with Gasteiger partial charge in [-0.15, -0.1) is 0 Å². The van der Waals surface area contributed by atoms with Crippen LogP contribution < -0.4 is 0 Å². The molecule has 0 bridgehead atoms. The Morgan fingerprint density at radius 2 is 1.35 bits per heavy atom. The Labute approximate surface area is 109 Å². The first-order chi connectivity index (χ1) is 8.24. The van der Waals surface area contributed by atoms with Crippen LogP contribution in [0.4, 0.5) is 0 Å². The Balaban J connectivity index is 1.87. The van der Waals surface area contributed by atoms with Gasteiger partial charge in [0.2, 0.25) is 0 Å². The second kappa shape index (κ2) is 5.96. The number of hydrogen-bond donors (Lipinski definition) is 0. The zero-order valence-corrected chi connectivity index (χ0v) is 10.4. The zero-order valence-electron chi connectivity index (χ0n) is 8.94. The average molecular weight is 269 g/mol. The predicted octanol–water partition coefficient (Wildman–Crippen LogP) is 3.50. The highest BCUT2D eigenvalue weighted by Crippen LogP contribution is 2.11. The SMILES string of the molecule is Clc1ccnc(COCc2cc(Cl)ccn2)c1. The Hall–Kier alpha value is -1.16. The van der Waals surface area contributed by atoms with Gasteiger partial charge in [0.15, 0.2) is 0 Å². The van der Waals surface area contributed by atoms with E-state index in [1.165, 1.54) is 0 Å². The molecule has 2 aromatic rings. The fourth-order valence-corrected chi connectivity index (χ4v) is 1.68. The largest absolute Gasteiger partial charge is 0.369 e. The minimum absolute atomic E-state index is 0.398. The summed E-state index contributed by atoms with van der Waals surface area (Å²) in [5, 5.41) is 1.30. The van der Waals surface area contributed by atoms with E-state index in [4.69, 9.17) is 27.9 Å². The van der Waals surface area contributed by atoms with E-state index >= 15 is 0 Å². The number of ether oxygens (including phenoxy) is 1. The lowest BCUT2D eigenvalue weighted by Gasteiger charge is -2.04. The maximum atomic E-state index is 5.84. The van der Waals surface area contributed by atoms with Gasteiger partial charge in [0.1, 0.15) is 0 Å². The normalized spacial score (nSPS) is 10.5. The molecule has 0 unspecified atom stereocenters. The molecule has 0 aliphatic heterocycles. The molecule has 0 N–H and O–H groups in total. The van der Waals surface area contributed by atoms with Crippen LogP contribution in [0.5, 0.6) is 0 Å². The molecular weight excluding hydrogens is 259 g/mol. The van der Waals surface area contributed by atoms with Gasteiger partial charge in [0.05, 0.1) is 24.6 Å². The number of halogens is 2. The summed E-state index contributed by atoms with van der Waals surface area (Å²) in [6.45, 7) is 0.795. The van der Waals surface area contributed by atoms with Crippen molar-refractivity contribution in [3.8, 4) is 0 Å². The van der Waals surface area contributed by atoms with Gasteiger partial charge in [-0.1, -0.05) is 23.2 Å². The molecule has 3 nitrogen and oxygen atoms in total. The van der Waals surface area contributed by atoms with Crippen molar-refractivity contribution >= 4 is 23.2 Å². The van der Waals surface area contributed by atoms with E-state index < -0.39 is 0 Å². The van der Waals surface area contributed by atoms with Crippen LogP contribution in [0, 0.1) is 0 Å². The summed E-state index contributed by atoms with van der Waals surface area (Å²) in [6.07, 6.45) is 3.30. The smallest absolute Gasteiger partial charge is 0.0893 e. The van der Waals surface area contributed by atoms with Crippen LogP contribution in [0.1, 0.15) is 11.4 Å². The Morgan fingerprint density at radius 3 is 1.76 bits per heavy atom. The maximum absolute atomic E-state index is 5.84. The summed E-state index contributed by atoms with van der Waals surface area (Å²) in [5.41, 5.74) is 1.58. The van der Waals surface area contributed by atoms with Gasteiger partial charge < -0.3 is 4.74 Å². The molecular formula is C12H10Cl2N2O. The van der Waals surface area contributed by atoms with E-state index in [1.54, 1.807) is 36.7 Å². The van der Waals surface area contributed by atoms with Crippen molar-refractivity contribution in [3.63, 3.8) is 0 Å². The predicted molar refractivity (Wildman–Crippen MR) is 67.0 cm³/mol. The Morgan fingerprint density at radius 1 is 0.882 bits per heavy atom. The topological polar surface area (TPSA) is 35.0 Å². The van der Waals surface area contributed by atoms with E-state index in [9.17, 15) is 0 Å². The summed E-state index contributed by atoms with van der Waals surface area (Å²) in [5.74, 6) is 0. The van der Waals surface area contributed by atoms with Gasteiger partial charge in [-0.05, 0) is 24.3 Å². The van der Waals surface area contributed by atoms with E-state index in [2.05, 4.69) is 9.97 Å². The van der Waals surface area contributed by atoms with Crippen molar-refractivity contribution in [2.75, 3.05) is 0 Å². The first-order valence-corrected chi connectivity index (χ1v) is 5.78. The second-order valence-electron chi connectivity index (χ2n) is 3.42. The number of aromatic nitrogens is 2. The summed E-state index contributed by atoms with van der Waals surface area (Å²) < 4.78 is 5.47. The molecule has 0 amide bonds. The molecule has 0 aliphatic rings. The van der Waals surface area contributed by atoms with E-state index in [-0.39, 0.29) is 0 Å². The minimum Gasteiger partial charge on any atom is -0.369 e. The zero-order chi connectivity index (χ0) is 12.1. The number of nitrogens with zero attached hydrogens (tertiary/aromatic N) is 2. The maximum Gasteiger partial charge on any atom is 0.0893 e. The summed E-state index contributed by atoms with van der Waals surface area (Å²) in [7, 11) is 0. The van der Waals surface area contributed by atoms with Crippen LogP contribution >= 0.6 is 23.2 Å². The molecule has 2 aromatic heterocycles. The highest BCUT2D eigenvalue weighted by Gasteiger charge is 1.99. The highest BCUT2D eigenvalue weighted by atomic mass is 35.5. The monoisotopic (exact) mass is 268 g/mol. The number of hydrogen-bond acceptors (Lipinski definition) is 3. The van der Waals surface area contributed by atoms with Gasteiger partial charge in [-0.3, -0.25) is 9.97 Å². The number of rotatable bonds is 4. The standard InChI is InChI=1S/C12H10Cl2N2O/c13-9-1-3-15-11(5-9)7-17-8-12-6-10(14)2-4-16-12/h1-6H,7-8H2. The molecule has 2 rings (SSSR count). The Kier molecular flexibility index (Phi) is 4.31. The van der Waals surface area contributed by atoms with Gasteiger partial charge in [-0.2, -0.15) is 0 Å². The third-order valence-corrected chi connectivity index (χ3v) is 2.53. The van der Waals surface area contributed by atoms with Crippen molar-refractivity contribution in [2.45, 2.75) is 13.2 Å². The quantitative estimate of drug-likeness (QED) is 0.852. The fraction of sp³-hybridized carbons (Fsp3) is 0.167. The van der Waals surface area contributed by atoms with Gasteiger partial charge in [0.25, 0.3) is 0 Å². The van der Waals surface area contributed by atoms with Gasteiger partial charge in [-0.25, -0.2) is 0 Å². The van der Waals surface area contributed by atoms with E-state index in [0.29, 0.717) is 23.3 Å². The molecule has 0 aliphatic carbocycles. The molecule has 0 atom stereocenters. The average Bonchev–Trinajstić information content (AvgIpc) is 2.29. The van der Waals surface area contributed by atoms with Crippen LogP contribution in [-0.4, -0.2) is 9.97 Å². The molecule has 0 spiro atoms. The molecule has 0 aromatic carbocycles. The van der Waals surface area contributed by atoms with E-state index in [1.807, 2.05) is 0 Å². The molecule has 88 valence electrons. The lowest BCUT2D eigenvalue weighted by molar-refractivity contribution is 0.102. The van der Waals surface area contributed by atoms with Crippen LogP contribution in [0.2, 0.25) is 10.0 Å². The summed E-state index contributed by atoms with van der Waals surface area (Å²) in [6, 6.07) is 6.99. The first-order valence-electron chi connectivity index (χ1n) is 5.02. The minimum atomic E-state index is 0.398. The third kappa shape index (κ3) is 3.97. The van der Waals surface area contributed by atoms with Gasteiger partial charge >= 0.3 is 0 Å². The molecule has 0 fully saturated rings. The molecule has 17 heavy (non-hydrogen) atoms. The van der Waals surface area contributed by atoms with Gasteiger partial charge in [0, 0.05) is 22.4 Å². The number of pyridine rings is 2. The second-order valence-corrected chi connectivity index (χ2v) is 4.30. The lowest BCUT2D eigenvalue weighted by atomic mass is 10.3. The van der Waals surface area contributed by atoms with Crippen molar-refractivity contribution in [1.82, 2.24) is 9.97 Å². The molecule has 0 saturated carbocycles. The van der Waals surface area contributed by atoms with Crippen LogP contribution in [0.25, 0.3) is 0 Å². The first kappa shape index (κ1) is 12.3. The molecule has 5 heteroatoms. The van der Waals surface area contributed by atoms with Crippen LogP contribution in [0.3, 0.4) is 0 Å². The molecule has 0 saturated heterocycles. The van der Waals surface area contributed by atoms with Crippen molar-refractivity contribution in [2.24, 2.45) is 0 Å². The van der Waals surface area contributed by atoms with E-state index in [0.717, 1.165) is 11.4 Å². The fourth-order valence-electron chi connectivity index (χ4n) is 1.32. The Bertz CT molecular complexity index is 460.